The minimum atomic E-state index is -4.59. The summed E-state index contributed by atoms with van der Waals surface area (Å²) in [4.78, 5) is 15.8. The lowest BCUT2D eigenvalue weighted by molar-refractivity contribution is -0.137. The SMILES string of the molecule is N#CC(C(=O)Cc1ccccc1)c1ncc(C(F)(F)F)cc1Cl. The zero-order chi connectivity index (χ0) is 17.0. The van der Waals surface area contributed by atoms with Crippen LogP contribution in [0.15, 0.2) is 42.6 Å². The second kappa shape index (κ2) is 6.80. The highest BCUT2D eigenvalue weighted by Crippen LogP contribution is 2.33. The Hall–Kier alpha value is -2.39. The number of hydrogen-bond donors (Lipinski definition) is 0. The number of nitriles is 1. The van der Waals surface area contributed by atoms with Crippen molar-refractivity contribution in [2.24, 2.45) is 0 Å². The average molecular weight is 339 g/mol. The molecule has 0 amide bonds. The van der Waals surface area contributed by atoms with Crippen molar-refractivity contribution in [2.75, 3.05) is 0 Å². The Morgan fingerprint density at radius 1 is 1.30 bits per heavy atom. The predicted molar refractivity (Wildman–Crippen MR) is 77.8 cm³/mol. The van der Waals surface area contributed by atoms with E-state index in [1.165, 1.54) is 0 Å². The highest BCUT2D eigenvalue weighted by atomic mass is 35.5. The molecule has 0 aliphatic heterocycles. The molecule has 1 atom stereocenters. The molecule has 118 valence electrons. The Morgan fingerprint density at radius 3 is 2.48 bits per heavy atom. The number of nitrogens with zero attached hydrogens (tertiary/aromatic N) is 2. The molecule has 0 spiro atoms. The quantitative estimate of drug-likeness (QED) is 0.840. The molecule has 0 N–H and O–H groups in total. The van der Waals surface area contributed by atoms with Gasteiger partial charge in [-0.15, -0.1) is 0 Å². The number of halogens is 4. The van der Waals surface area contributed by atoms with Gasteiger partial charge in [0.05, 0.1) is 22.3 Å². The number of Topliss-reactive ketones (excluding diaryl/α,β-unsaturated/α-hetero) is 1. The predicted octanol–water partition coefficient (Wildman–Crippen LogP) is 4.17. The third-order valence-electron chi connectivity index (χ3n) is 3.14. The number of rotatable bonds is 4. The van der Waals surface area contributed by atoms with E-state index in [2.05, 4.69) is 4.98 Å². The lowest BCUT2D eigenvalue weighted by Crippen LogP contribution is -2.16. The van der Waals surface area contributed by atoms with E-state index < -0.39 is 23.4 Å². The molecule has 2 aromatic rings. The zero-order valence-corrected chi connectivity index (χ0v) is 12.4. The topological polar surface area (TPSA) is 53.8 Å². The van der Waals surface area contributed by atoms with E-state index in [0.717, 1.165) is 0 Å². The van der Waals surface area contributed by atoms with Gasteiger partial charge in [-0.2, -0.15) is 18.4 Å². The summed E-state index contributed by atoms with van der Waals surface area (Å²) in [6.07, 6.45) is -4.05. The summed E-state index contributed by atoms with van der Waals surface area (Å²) >= 11 is 5.79. The first kappa shape index (κ1) is 17.0. The number of ketones is 1. The summed E-state index contributed by atoms with van der Waals surface area (Å²) in [5, 5.41) is 8.84. The lowest BCUT2D eigenvalue weighted by atomic mass is 9.95. The van der Waals surface area contributed by atoms with Crippen molar-refractivity contribution in [2.45, 2.75) is 18.5 Å². The van der Waals surface area contributed by atoms with Crippen LogP contribution in [0.4, 0.5) is 13.2 Å². The normalized spacial score (nSPS) is 12.5. The van der Waals surface area contributed by atoms with Crippen LogP contribution in [0.25, 0.3) is 0 Å². The first-order valence-corrected chi connectivity index (χ1v) is 6.89. The summed E-state index contributed by atoms with van der Waals surface area (Å²) in [6.45, 7) is 0. The summed E-state index contributed by atoms with van der Waals surface area (Å²) in [6, 6.07) is 11.1. The molecule has 0 radical (unpaired) electrons. The van der Waals surface area contributed by atoms with E-state index in [-0.39, 0.29) is 17.1 Å². The van der Waals surface area contributed by atoms with Crippen LogP contribution in [0.1, 0.15) is 22.7 Å². The van der Waals surface area contributed by atoms with Gasteiger partial charge in [-0.3, -0.25) is 9.78 Å². The highest BCUT2D eigenvalue weighted by Gasteiger charge is 2.33. The van der Waals surface area contributed by atoms with Gasteiger partial charge in [0.15, 0.2) is 5.78 Å². The Bertz CT molecular complexity index is 754. The van der Waals surface area contributed by atoms with Gasteiger partial charge in [-0.1, -0.05) is 41.9 Å². The summed E-state index contributed by atoms with van der Waals surface area (Å²) in [5.74, 6) is -1.79. The maximum absolute atomic E-state index is 12.6. The van der Waals surface area contributed by atoms with Gasteiger partial charge in [0.25, 0.3) is 0 Å². The average Bonchev–Trinajstić information content (AvgIpc) is 2.49. The van der Waals surface area contributed by atoms with E-state index in [9.17, 15) is 23.2 Å². The molecule has 1 unspecified atom stereocenters. The molecule has 0 fully saturated rings. The lowest BCUT2D eigenvalue weighted by Gasteiger charge is -2.12. The Balaban J connectivity index is 2.28. The summed E-state index contributed by atoms with van der Waals surface area (Å²) in [5.41, 5.74) is -0.498. The van der Waals surface area contributed by atoms with Crippen LogP contribution in [-0.4, -0.2) is 10.8 Å². The van der Waals surface area contributed by atoms with Crippen LogP contribution < -0.4 is 0 Å². The van der Waals surface area contributed by atoms with E-state index in [1.807, 2.05) is 0 Å². The molecule has 1 aromatic heterocycles. The molecule has 7 heteroatoms. The van der Waals surface area contributed by atoms with Crippen LogP contribution in [0.2, 0.25) is 5.02 Å². The van der Waals surface area contributed by atoms with Gasteiger partial charge < -0.3 is 0 Å². The summed E-state index contributed by atoms with van der Waals surface area (Å²) < 4.78 is 37.8. The standard InChI is InChI=1S/C16H10ClF3N2O/c17-13-7-11(16(18,19)20)9-22-15(13)12(8-21)14(23)6-10-4-2-1-3-5-10/h1-5,7,9,12H,6H2. The van der Waals surface area contributed by atoms with Crippen molar-refractivity contribution in [3.8, 4) is 6.07 Å². The molecule has 2 rings (SSSR count). The van der Waals surface area contributed by atoms with Crippen LogP contribution >= 0.6 is 11.6 Å². The third kappa shape index (κ3) is 4.08. The smallest absolute Gasteiger partial charge is 0.297 e. The minimum absolute atomic E-state index is 0.0297. The van der Waals surface area contributed by atoms with Gasteiger partial charge in [-0.05, 0) is 11.6 Å². The molecule has 0 aliphatic rings. The van der Waals surface area contributed by atoms with Gasteiger partial charge in [0.1, 0.15) is 5.92 Å². The van der Waals surface area contributed by atoms with Crippen molar-refractivity contribution in [1.82, 2.24) is 4.98 Å². The van der Waals surface area contributed by atoms with Crippen molar-refractivity contribution in [1.29, 1.82) is 5.26 Å². The number of aromatic nitrogens is 1. The largest absolute Gasteiger partial charge is 0.417 e. The molecule has 1 heterocycles. The van der Waals surface area contributed by atoms with Crippen LogP contribution in [0.3, 0.4) is 0 Å². The number of benzene rings is 1. The van der Waals surface area contributed by atoms with Crippen LogP contribution in [0.5, 0.6) is 0 Å². The number of carbonyl (C=O) groups is 1. The van der Waals surface area contributed by atoms with Crippen molar-refractivity contribution < 1.29 is 18.0 Å². The first-order chi connectivity index (χ1) is 10.8. The number of alkyl halides is 3. The maximum Gasteiger partial charge on any atom is 0.417 e. The Labute approximate surface area is 135 Å². The zero-order valence-electron chi connectivity index (χ0n) is 11.6. The maximum atomic E-state index is 12.6. The second-order valence-corrected chi connectivity index (χ2v) is 5.19. The molecule has 1 aromatic carbocycles. The molecular weight excluding hydrogens is 329 g/mol. The second-order valence-electron chi connectivity index (χ2n) is 4.78. The summed E-state index contributed by atoms with van der Waals surface area (Å²) in [7, 11) is 0. The monoisotopic (exact) mass is 338 g/mol. The number of carbonyl (C=O) groups excluding carboxylic acids is 1. The molecule has 0 aliphatic carbocycles. The Kier molecular flexibility index (Phi) is 5.02. The minimum Gasteiger partial charge on any atom is -0.297 e. The fourth-order valence-electron chi connectivity index (χ4n) is 2.00. The molecule has 0 saturated carbocycles. The van der Waals surface area contributed by atoms with Crippen LogP contribution in [-0.2, 0) is 17.4 Å². The van der Waals surface area contributed by atoms with Crippen molar-refractivity contribution in [3.05, 3.63) is 64.4 Å². The third-order valence-corrected chi connectivity index (χ3v) is 3.45. The van der Waals surface area contributed by atoms with E-state index in [1.54, 1.807) is 36.4 Å². The Morgan fingerprint density at radius 2 is 1.96 bits per heavy atom. The molecule has 23 heavy (non-hydrogen) atoms. The van der Waals surface area contributed by atoms with E-state index >= 15 is 0 Å². The molecular formula is C16H10ClF3N2O. The number of pyridine rings is 1. The van der Waals surface area contributed by atoms with Gasteiger partial charge in [-0.25, -0.2) is 0 Å². The highest BCUT2D eigenvalue weighted by molar-refractivity contribution is 6.31. The van der Waals surface area contributed by atoms with Crippen LogP contribution in [0, 0.1) is 11.3 Å². The van der Waals surface area contributed by atoms with Crippen molar-refractivity contribution >= 4 is 17.4 Å². The molecule has 3 nitrogen and oxygen atoms in total. The van der Waals surface area contributed by atoms with Gasteiger partial charge in [0.2, 0.25) is 0 Å². The first-order valence-electron chi connectivity index (χ1n) is 6.52. The molecule has 0 saturated heterocycles. The van der Waals surface area contributed by atoms with Crippen molar-refractivity contribution in [3.63, 3.8) is 0 Å². The fourth-order valence-corrected chi connectivity index (χ4v) is 2.28. The van der Waals surface area contributed by atoms with Gasteiger partial charge in [0, 0.05) is 12.6 Å². The van der Waals surface area contributed by atoms with E-state index in [4.69, 9.17) is 11.6 Å². The number of hydrogen-bond acceptors (Lipinski definition) is 3. The fraction of sp³-hybridized carbons (Fsp3) is 0.188. The van der Waals surface area contributed by atoms with Gasteiger partial charge >= 0.3 is 6.18 Å². The van der Waals surface area contributed by atoms with E-state index in [0.29, 0.717) is 17.8 Å². The molecule has 0 bridgehead atoms.